The van der Waals surface area contributed by atoms with Gasteiger partial charge in [-0.1, -0.05) is 6.92 Å². The molecular weight excluding hydrogens is 176 g/mol. The van der Waals surface area contributed by atoms with Gasteiger partial charge in [0, 0.05) is 20.5 Å². The predicted octanol–water partition coefficient (Wildman–Crippen LogP) is 1.20. The zero-order valence-electron chi connectivity index (χ0n) is 9.62. The van der Waals surface area contributed by atoms with Crippen LogP contribution in [-0.4, -0.2) is 48.9 Å². The summed E-state index contributed by atoms with van der Waals surface area (Å²) in [5.41, 5.74) is 0. The van der Waals surface area contributed by atoms with E-state index in [9.17, 15) is 4.79 Å². The summed E-state index contributed by atoms with van der Waals surface area (Å²) in [6.45, 7) is 8.35. The van der Waals surface area contributed by atoms with Gasteiger partial charge in [-0.3, -0.25) is 4.79 Å². The zero-order valence-corrected chi connectivity index (χ0v) is 9.62. The molecule has 0 spiro atoms. The van der Waals surface area contributed by atoms with Crippen LogP contribution in [0.2, 0.25) is 0 Å². The van der Waals surface area contributed by atoms with Gasteiger partial charge in [-0.25, -0.2) is 0 Å². The second-order valence-corrected chi connectivity index (χ2v) is 4.28. The highest BCUT2D eigenvalue weighted by atomic mass is 16.2. The fraction of sp³-hybridized carbons (Fsp3) is 0.909. The summed E-state index contributed by atoms with van der Waals surface area (Å²) < 4.78 is 0. The second kappa shape index (κ2) is 5.35. The van der Waals surface area contributed by atoms with Crippen LogP contribution in [0.1, 0.15) is 26.7 Å². The van der Waals surface area contributed by atoms with Gasteiger partial charge >= 0.3 is 0 Å². The standard InChI is InChI=1S/C11H22N2O/c1-4-13-7-5-11(6-8-13)9-12(3)10(2)14/h11H,4-9H2,1-3H3. The number of rotatable bonds is 3. The van der Waals surface area contributed by atoms with E-state index >= 15 is 0 Å². The van der Waals surface area contributed by atoms with Crippen molar-refractivity contribution < 1.29 is 4.79 Å². The Bertz CT molecular complexity index is 186. The normalized spacial score (nSPS) is 19.6. The monoisotopic (exact) mass is 198 g/mol. The lowest BCUT2D eigenvalue weighted by Crippen LogP contribution is -2.38. The molecule has 1 heterocycles. The van der Waals surface area contributed by atoms with Crippen molar-refractivity contribution in [3.05, 3.63) is 0 Å². The number of carbonyl (C=O) groups excluding carboxylic acids is 1. The summed E-state index contributed by atoms with van der Waals surface area (Å²) in [5.74, 6) is 0.898. The molecule has 82 valence electrons. The molecule has 0 saturated carbocycles. The summed E-state index contributed by atoms with van der Waals surface area (Å²) in [6, 6.07) is 0. The molecule has 0 radical (unpaired) electrons. The maximum atomic E-state index is 11.1. The Hall–Kier alpha value is -0.570. The highest BCUT2D eigenvalue weighted by Gasteiger charge is 2.19. The number of piperidine rings is 1. The van der Waals surface area contributed by atoms with Crippen LogP contribution in [-0.2, 0) is 4.79 Å². The van der Waals surface area contributed by atoms with Gasteiger partial charge in [-0.2, -0.15) is 0 Å². The summed E-state index contributed by atoms with van der Waals surface area (Å²) >= 11 is 0. The van der Waals surface area contributed by atoms with E-state index in [0.717, 1.165) is 13.1 Å². The Kier molecular flexibility index (Phi) is 4.39. The molecule has 0 N–H and O–H groups in total. The summed E-state index contributed by atoms with van der Waals surface area (Å²) in [5, 5.41) is 0. The minimum atomic E-state index is 0.183. The van der Waals surface area contributed by atoms with E-state index in [0.29, 0.717) is 5.92 Å². The molecule has 1 rings (SSSR count). The van der Waals surface area contributed by atoms with Gasteiger partial charge in [-0.15, -0.1) is 0 Å². The van der Waals surface area contributed by atoms with Gasteiger partial charge in [0.25, 0.3) is 0 Å². The summed E-state index contributed by atoms with van der Waals surface area (Å²) in [6.07, 6.45) is 2.48. The Morgan fingerprint density at radius 2 is 2.00 bits per heavy atom. The Balaban J connectivity index is 2.25. The predicted molar refractivity (Wildman–Crippen MR) is 58.1 cm³/mol. The minimum Gasteiger partial charge on any atom is -0.346 e. The molecular formula is C11H22N2O. The lowest BCUT2D eigenvalue weighted by Gasteiger charge is -2.32. The molecule has 1 saturated heterocycles. The van der Waals surface area contributed by atoms with Crippen molar-refractivity contribution in [2.75, 3.05) is 33.2 Å². The third-order valence-corrected chi connectivity index (χ3v) is 3.22. The molecule has 0 aromatic carbocycles. The molecule has 1 aliphatic rings. The van der Waals surface area contributed by atoms with E-state index in [-0.39, 0.29) is 5.91 Å². The van der Waals surface area contributed by atoms with Crippen molar-refractivity contribution in [3.8, 4) is 0 Å². The van der Waals surface area contributed by atoms with Crippen molar-refractivity contribution >= 4 is 5.91 Å². The third-order valence-electron chi connectivity index (χ3n) is 3.22. The molecule has 0 atom stereocenters. The fourth-order valence-corrected chi connectivity index (χ4v) is 2.00. The van der Waals surface area contributed by atoms with Crippen LogP contribution in [0.15, 0.2) is 0 Å². The second-order valence-electron chi connectivity index (χ2n) is 4.28. The molecule has 1 amide bonds. The first-order valence-electron chi connectivity index (χ1n) is 5.57. The molecule has 0 bridgehead atoms. The van der Waals surface area contributed by atoms with Gasteiger partial charge in [0.1, 0.15) is 0 Å². The quantitative estimate of drug-likeness (QED) is 0.680. The Morgan fingerprint density at radius 3 is 2.43 bits per heavy atom. The smallest absolute Gasteiger partial charge is 0.219 e. The van der Waals surface area contributed by atoms with E-state index in [1.54, 1.807) is 6.92 Å². The maximum Gasteiger partial charge on any atom is 0.219 e. The van der Waals surface area contributed by atoms with Gasteiger partial charge in [-0.05, 0) is 38.4 Å². The average molecular weight is 198 g/mol. The molecule has 1 fully saturated rings. The van der Waals surface area contributed by atoms with Crippen molar-refractivity contribution in [2.24, 2.45) is 5.92 Å². The number of hydrogen-bond donors (Lipinski definition) is 0. The maximum absolute atomic E-state index is 11.1. The van der Waals surface area contributed by atoms with Crippen molar-refractivity contribution in [3.63, 3.8) is 0 Å². The van der Waals surface area contributed by atoms with Crippen molar-refractivity contribution in [2.45, 2.75) is 26.7 Å². The van der Waals surface area contributed by atoms with Gasteiger partial charge in [0.05, 0.1) is 0 Å². The molecule has 0 unspecified atom stereocenters. The first-order chi connectivity index (χ1) is 6.63. The van der Waals surface area contributed by atoms with E-state index in [2.05, 4.69) is 11.8 Å². The third kappa shape index (κ3) is 3.29. The van der Waals surface area contributed by atoms with Gasteiger partial charge in [0.15, 0.2) is 0 Å². The molecule has 1 aliphatic heterocycles. The van der Waals surface area contributed by atoms with Gasteiger partial charge < -0.3 is 9.80 Å². The Labute approximate surface area is 87.1 Å². The Morgan fingerprint density at radius 1 is 1.43 bits per heavy atom. The molecule has 3 heteroatoms. The van der Waals surface area contributed by atoms with Crippen LogP contribution in [0, 0.1) is 5.92 Å². The lowest BCUT2D eigenvalue weighted by atomic mass is 9.96. The zero-order chi connectivity index (χ0) is 10.6. The van der Waals surface area contributed by atoms with Crippen LogP contribution in [0.25, 0.3) is 0 Å². The number of amides is 1. The molecule has 3 nitrogen and oxygen atoms in total. The first kappa shape index (κ1) is 11.5. The molecule has 0 aromatic rings. The highest BCUT2D eigenvalue weighted by Crippen LogP contribution is 2.17. The van der Waals surface area contributed by atoms with Crippen molar-refractivity contribution in [1.29, 1.82) is 0 Å². The largest absolute Gasteiger partial charge is 0.346 e. The highest BCUT2D eigenvalue weighted by molar-refractivity contribution is 5.72. The molecule has 0 aromatic heterocycles. The average Bonchev–Trinajstić information content (AvgIpc) is 2.19. The topological polar surface area (TPSA) is 23.6 Å². The van der Waals surface area contributed by atoms with Gasteiger partial charge in [0.2, 0.25) is 5.91 Å². The number of carbonyl (C=O) groups is 1. The van der Waals surface area contributed by atoms with E-state index < -0.39 is 0 Å². The summed E-state index contributed by atoms with van der Waals surface area (Å²) in [7, 11) is 1.90. The van der Waals surface area contributed by atoms with Crippen LogP contribution < -0.4 is 0 Å². The molecule has 0 aliphatic carbocycles. The summed E-state index contributed by atoms with van der Waals surface area (Å²) in [4.78, 5) is 15.4. The van der Waals surface area contributed by atoms with Crippen molar-refractivity contribution in [1.82, 2.24) is 9.80 Å². The fourth-order valence-electron chi connectivity index (χ4n) is 2.00. The number of nitrogens with zero attached hydrogens (tertiary/aromatic N) is 2. The number of likely N-dealkylation sites (tertiary alicyclic amines) is 1. The van der Waals surface area contributed by atoms with Crippen LogP contribution >= 0.6 is 0 Å². The van der Waals surface area contributed by atoms with Crippen LogP contribution in [0.4, 0.5) is 0 Å². The first-order valence-corrected chi connectivity index (χ1v) is 5.57. The van der Waals surface area contributed by atoms with Crippen LogP contribution in [0.3, 0.4) is 0 Å². The van der Waals surface area contributed by atoms with E-state index in [4.69, 9.17) is 0 Å². The number of hydrogen-bond acceptors (Lipinski definition) is 2. The lowest BCUT2D eigenvalue weighted by molar-refractivity contribution is -0.128. The van der Waals surface area contributed by atoms with E-state index in [1.807, 2.05) is 11.9 Å². The van der Waals surface area contributed by atoms with Crippen LogP contribution in [0.5, 0.6) is 0 Å². The minimum absolute atomic E-state index is 0.183. The SMILES string of the molecule is CCN1CCC(CN(C)C(C)=O)CC1. The molecule has 14 heavy (non-hydrogen) atoms. The van der Waals surface area contributed by atoms with E-state index in [1.165, 1.54) is 25.9 Å².